The number of nitrogens with one attached hydrogen (secondary N) is 1. The molecule has 14 heavy (non-hydrogen) atoms. The first kappa shape index (κ1) is 13.4. The maximum absolute atomic E-state index is 11.2. The van der Waals surface area contributed by atoms with Crippen LogP contribution in [0.1, 0.15) is 33.1 Å². The van der Waals surface area contributed by atoms with Gasteiger partial charge in [0.15, 0.2) is 0 Å². The third kappa shape index (κ3) is 6.86. The molecule has 0 aliphatic rings. The Morgan fingerprint density at radius 1 is 1.50 bits per heavy atom. The fourth-order valence-corrected chi connectivity index (χ4v) is 1.16. The van der Waals surface area contributed by atoms with Crippen LogP contribution in [0.25, 0.3) is 0 Å². The number of nitrogens with two attached hydrogens (primary N) is 1. The smallest absolute Gasteiger partial charge is 0.246 e. The molecule has 84 valence electrons. The highest BCUT2D eigenvalue weighted by molar-refractivity contribution is 5.77. The molecule has 0 bridgehead atoms. The van der Waals surface area contributed by atoms with Crippen LogP contribution in [-0.2, 0) is 9.53 Å². The van der Waals surface area contributed by atoms with E-state index in [4.69, 9.17) is 10.5 Å². The van der Waals surface area contributed by atoms with Crippen molar-refractivity contribution in [3.05, 3.63) is 0 Å². The molecular weight excluding hydrogens is 180 g/mol. The predicted octanol–water partition coefficient (Wildman–Crippen LogP) is 0.657. The fourth-order valence-electron chi connectivity index (χ4n) is 1.16. The number of hydrogen-bond acceptors (Lipinski definition) is 3. The Morgan fingerprint density at radius 2 is 2.21 bits per heavy atom. The Labute approximate surface area is 86.2 Å². The molecule has 0 saturated carbocycles. The van der Waals surface area contributed by atoms with Crippen LogP contribution >= 0.6 is 0 Å². The average Bonchev–Trinajstić information content (AvgIpc) is 2.21. The second-order valence-corrected chi connectivity index (χ2v) is 3.28. The first-order valence-corrected chi connectivity index (χ1v) is 5.31. The molecule has 0 radical (unpaired) electrons. The van der Waals surface area contributed by atoms with E-state index in [9.17, 15) is 4.79 Å². The lowest BCUT2D eigenvalue weighted by molar-refractivity contribution is -0.126. The van der Waals surface area contributed by atoms with Crippen LogP contribution in [0.2, 0.25) is 0 Å². The summed E-state index contributed by atoms with van der Waals surface area (Å²) < 4.78 is 4.99. The molecule has 0 spiro atoms. The van der Waals surface area contributed by atoms with Gasteiger partial charge < -0.3 is 15.8 Å². The van der Waals surface area contributed by atoms with Gasteiger partial charge in [0.25, 0.3) is 0 Å². The molecule has 0 saturated heterocycles. The quantitative estimate of drug-likeness (QED) is 0.607. The Morgan fingerprint density at radius 3 is 2.71 bits per heavy atom. The van der Waals surface area contributed by atoms with Gasteiger partial charge in [-0.05, 0) is 13.3 Å². The minimum atomic E-state index is -0.0709. The molecule has 0 rings (SSSR count). The normalized spacial score (nSPS) is 12.5. The van der Waals surface area contributed by atoms with Gasteiger partial charge in [-0.2, -0.15) is 0 Å². The van der Waals surface area contributed by atoms with Crippen molar-refractivity contribution < 1.29 is 9.53 Å². The third-order valence-electron chi connectivity index (χ3n) is 1.99. The Bertz CT molecular complexity index is 151. The molecule has 0 fully saturated rings. The highest BCUT2D eigenvalue weighted by Crippen LogP contribution is 1.98. The first-order chi connectivity index (χ1) is 6.74. The van der Waals surface area contributed by atoms with Crippen molar-refractivity contribution in [1.29, 1.82) is 0 Å². The molecule has 0 aliphatic carbocycles. The Kier molecular flexibility index (Phi) is 8.57. The van der Waals surface area contributed by atoms with Gasteiger partial charge in [0.2, 0.25) is 5.91 Å². The number of rotatable bonds is 8. The van der Waals surface area contributed by atoms with Crippen molar-refractivity contribution >= 4 is 5.91 Å². The second kappa shape index (κ2) is 8.97. The summed E-state index contributed by atoms with van der Waals surface area (Å²) in [6.07, 6.45) is 3.17. The van der Waals surface area contributed by atoms with Crippen LogP contribution in [0.15, 0.2) is 0 Å². The zero-order valence-electron chi connectivity index (χ0n) is 9.21. The summed E-state index contributed by atoms with van der Waals surface area (Å²) in [6.45, 7) is 5.19. The van der Waals surface area contributed by atoms with Gasteiger partial charge in [-0.3, -0.25) is 4.79 Å². The van der Waals surface area contributed by atoms with Crippen molar-refractivity contribution in [1.82, 2.24) is 5.32 Å². The standard InChI is InChI=1S/C10H22N2O2/c1-3-5-6-9(7-11)12-10(13)8-14-4-2/h9H,3-8,11H2,1-2H3,(H,12,13). The predicted molar refractivity (Wildman–Crippen MR) is 57.0 cm³/mol. The van der Waals surface area contributed by atoms with Gasteiger partial charge in [0.05, 0.1) is 0 Å². The molecule has 0 aromatic heterocycles. The number of amides is 1. The highest BCUT2D eigenvalue weighted by Gasteiger charge is 2.09. The first-order valence-electron chi connectivity index (χ1n) is 5.31. The summed E-state index contributed by atoms with van der Waals surface area (Å²) in [5, 5.41) is 2.85. The topological polar surface area (TPSA) is 64.3 Å². The van der Waals surface area contributed by atoms with Crippen LogP contribution in [0.3, 0.4) is 0 Å². The maximum atomic E-state index is 11.2. The number of carbonyl (C=O) groups is 1. The van der Waals surface area contributed by atoms with Crippen LogP contribution in [0.4, 0.5) is 0 Å². The molecule has 0 heterocycles. The zero-order chi connectivity index (χ0) is 10.8. The van der Waals surface area contributed by atoms with Crippen LogP contribution in [0, 0.1) is 0 Å². The van der Waals surface area contributed by atoms with Gasteiger partial charge in [0.1, 0.15) is 6.61 Å². The molecule has 1 atom stereocenters. The molecule has 0 aromatic carbocycles. The number of hydrogen-bond donors (Lipinski definition) is 2. The Hall–Kier alpha value is -0.610. The molecule has 0 aliphatic heterocycles. The summed E-state index contributed by atoms with van der Waals surface area (Å²) in [5.74, 6) is -0.0709. The molecular formula is C10H22N2O2. The molecule has 3 N–H and O–H groups in total. The van der Waals surface area contributed by atoms with Gasteiger partial charge >= 0.3 is 0 Å². The molecule has 1 amide bonds. The zero-order valence-corrected chi connectivity index (χ0v) is 9.21. The van der Waals surface area contributed by atoms with E-state index in [2.05, 4.69) is 12.2 Å². The van der Waals surface area contributed by atoms with E-state index in [1.807, 2.05) is 6.92 Å². The summed E-state index contributed by atoms with van der Waals surface area (Å²) in [5.41, 5.74) is 5.53. The van der Waals surface area contributed by atoms with Crippen molar-refractivity contribution in [3.8, 4) is 0 Å². The van der Waals surface area contributed by atoms with Gasteiger partial charge in [0, 0.05) is 19.2 Å². The van der Waals surface area contributed by atoms with Crippen LogP contribution in [0.5, 0.6) is 0 Å². The lowest BCUT2D eigenvalue weighted by atomic mass is 10.1. The Balaban J connectivity index is 3.62. The summed E-state index contributed by atoms with van der Waals surface area (Å²) >= 11 is 0. The van der Waals surface area contributed by atoms with Gasteiger partial charge in [-0.1, -0.05) is 19.8 Å². The van der Waals surface area contributed by atoms with E-state index >= 15 is 0 Å². The SMILES string of the molecule is CCCCC(CN)NC(=O)COCC. The highest BCUT2D eigenvalue weighted by atomic mass is 16.5. The van der Waals surface area contributed by atoms with Gasteiger partial charge in [-0.15, -0.1) is 0 Å². The van der Waals surface area contributed by atoms with Crippen LogP contribution < -0.4 is 11.1 Å². The summed E-state index contributed by atoms with van der Waals surface area (Å²) in [6, 6.07) is 0.0999. The van der Waals surface area contributed by atoms with E-state index in [1.54, 1.807) is 0 Å². The monoisotopic (exact) mass is 202 g/mol. The maximum Gasteiger partial charge on any atom is 0.246 e. The van der Waals surface area contributed by atoms with Crippen molar-refractivity contribution in [3.63, 3.8) is 0 Å². The summed E-state index contributed by atoms with van der Waals surface area (Å²) in [7, 11) is 0. The van der Waals surface area contributed by atoms with Gasteiger partial charge in [-0.25, -0.2) is 0 Å². The van der Waals surface area contributed by atoms with Crippen molar-refractivity contribution in [2.45, 2.75) is 39.2 Å². The number of unbranched alkanes of at least 4 members (excludes halogenated alkanes) is 1. The molecule has 4 nitrogen and oxygen atoms in total. The van der Waals surface area contributed by atoms with Crippen molar-refractivity contribution in [2.75, 3.05) is 19.8 Å². The minimum absolute atomic E-state index is 0.0709. The van der Waals surface area contributed by atoms with E-state index in [0.29, 0.717) is 13.2 Å². The van der Waals surface area contributed by atoms with E-state index in [-0.39, 0.29) is 18.6 Å². The number of ether oxygens (including phenoxy) is 1. The van der Waals surface area contributed by atoms with E-state index < -0.39 is 0 Å². The van der Waals surface area contributed by atoms with E-state index in [0.717, 1.165) is 19.3 Å². The van der Waals surface area contributed by atoms with Crippen molar-refractivity contribution in [2.24, 2.45) is 5.73 Å². The second-order valence-electron chi connectivity index (χ2n) is 3.28. The van der Waals surface area contributed by atoms with E-state index in [1.165, 1.54) is 0 Å². The molecule has 4 heteroatoms. The summed E-state index contributed by atoms with van der Waals surface area (Å²) in [4.78, 5) is 11.2. The molecule has 0 aromatic rings. The lowest BCUT2D eigenvalue weighted by Crippen LogP contribution is -2.41. The third-order valence-corrected chi connectivity index (χ3v) is 1.99. The minimum Gasteiger partial charge on any atom is -0.372 e. The molecule has 1 unspecified atom stereocenters. The number of carbonyl (C=O) groups excluding carboxylic acids is 1. The lowest BCUT2D eigenvalue weighted by Gasteiger charge is -2.16. The average molecular weight is 202 g/mol. The van der Waals surface area contributed by atoms with Crippen LogP contribution in [-0.4, -0.2) is 31.7 Å². The largest absolute Gasteiger partial charge is 0.372 e. The fraction of sp³-hybridized carbons (Fsp3) is 0.900.